The van der Waals surface area contributed by atoms with Crippen LogP contribution in [0.25, 0.3) is 0 Å². The van der Waals surface area contributed by atoms with E-state index in [1.54, 1.807) is 7.11 Å². The van der Waals surface area contributed by atoms with Gasteiger partial charge in [0.05, 0.1) is 13.3 Å². The number of carbonyl (C=O) groups is 1. The van der Waals surface area contributed by atoms with Crippen LogP contribution in [0.4, 0.5) is 0 Å². The Balaban J connectivity index is 1.54. The van der Waals surface area contributed by atoms with Crippen LogP contribution in [0, 0.1) is 0 Å². The first-order valence-corrected chi connectivity index (χ1v) is 9.43. The number of benzene rings is 1. The zero-order valence-corrected chi connectivity index (χ0v) is 14.6. The van der Waals surface area contributed by atoms with Crippen LogP contribution < -0.4 is 4.74 Å². The fraction of sp³-hybridized carbons (Fsp3) is 0.650. The van der Waals surface area contributed by atoms with Crippen molar-refractivity contribution in [3.8, 4) is 5.75 Å². The first-order valence-electron chi connectivity index (χ1n) is 9.43. The molecule has 1 amide bonds. The summed E-state index contributed by atoms with van der Waals surface area (Å²) in [4.78, 5) is 16.2. The second-order valence-electron chi connectivity index (χ2n) is 7.56. The number of hydrogen-bond acceptors (Lipinski definition) is 3. The van der Waals surface area contributed by atoms with Gasteiger partial charge in [-0.2, -0.15) is 0 Å². The Morgan fingerprint density at radius 1 is 1.08 bits per heavy atom. The van der Waals surface area contributed by atoms with E-state index in [9.17, 15) is 4.79 Å². The average molecular weight is 328 g/mol. The van der Waals surface area contributed by atoms with E-state index >= 15 is 0 Å². The topological polar surface area (TPSA) is 32.8 Å². The zero-order chi connectivity index (χ0) is 16.5. The maximum atomic E-state index is 11.5. The van der Waals surface area contributed by atoms with Gasteiger partial charge in [-0.3, -0.25) is 9.69 Å². The van der Waals surface area contributed by atoms with E-state index in [-0.39, 0.29) is 0 Å². The van der Waals surface area contributed by atoms with Crippen molar-refractivity contribution in [3.63, 3.8) is 0 Å². The van der Waals surface area contributed by atoms with Gasteiger partial charge in [0.15, 0.2) is 0 Å². The van der Waals surface area contributed by atoms with Gasteiger partial charge < -0.3 is 9.64 Å². The summed E-state index contributed by atoms with van der Waals surface area (Å²) in [5.74, 6) is 1.62. The predicted molar refractivity (Wildman–Crippen MR) is 94.0 cm³/mol. The van der Waals surface area contributed by atoms with Gasteiger partial charge in [0.25, 0.3) is 0 Å². The Kier molecular flexibility index (Phi) is 4.49. The Labute approximate surface area is 144 Å². The molecule has 0 radical (unpaired) electrons. The van der Waals surface area contributed by atoms with Gasteiger partial charge >= 0.3 is 0 Å². The normalized spacial score (nSPS) is 33.5. The summed E-state index contributed by atoms with van der Waals surface area (Å²) in [5.41, 5.74) is 1.37. The summed E-state index contributed by atoms with van der Waals surface area (Å²) in [6.45, 7) is 0.931. The van der Waals surface area contributed by atoms with Crippen molar-refractivity contribution in [2.75, 3.05) is 13.7 Å². The highest BCUT2D eigenvalue weighted by Crippen LogP contribution is 2.47. The highest BCUT2D eigenvalue weighted by atomic mass is 16.5. The Morgan fingerprint density at radius 3 is 2.54 bits per heavy atom. The Morgan fingerprint density at radius 2 is 1.83 bits per heavy atom. The van der Waals surface area contributed by atoms with Crippen molar-refractivity contribution in [2.24, 2.45) is 0 Å². The van der Waals surface area contributed by atoms with Crippen molar-refractivity contribution < 1.29 is 9.53 Å². The lowest BCUT2D eigenvalue weighted by Gasteiger charge is -2.48. The molecule has 0 aromatic heterocycles. The fourth-order valence-electron chi connectivity index (χ4n) is 5.34. The maximum absolute atomic E-state index is 11.5. The molecule has 3 unspecified atom stereocenters. The zero-order valence-electron chi connectivity index (χ0n) is 14.6. The highest BCUT2D eigenvalue weighted by Gasteiger charge is 2.46. The number of likely N-dealkylation sites (tertiary alicyclic amines) is 1. The number of carbonyl (C=O) groups excluding carboxylic acids is 1. The fourth-order valence-corrected chi connectivity index (χ4v) is 5.34. The van der Waals surface area contributed by atoms with E-state index in [1.807, 2.05) is 0 Å². The van der Waals surface area contributed by atoms with Crippen molar-refractivity contribution in [1.29, 1.82) is 0 Å². The van der Waals surface area contributed by atoms with Gasteiger partial charge in [-0.25, -0.2) is 0 Å². The molecule has 2 bridgehead atoms. The lowest BCUT2D eigenvalue weighted by atomic mass is 9.84. The summed E-state index contributed by atoms with van der Waals surface area (Å²) < 4.78 is 5.60. The largest absolute Gasteiger partial charge is 0.496 e. The van der Waals surface area contributed by atoms with Crippen molar-refractivity contribution >= 4 is 6.41 Å². The molecular weight excluding hydrogens is 300 g/mol. The average Bonchev–Trinajstić information content (AvgIpc) is 2.90. The molecule has 0 aliphatic carbocycles. The second kappa shape index (κ2) is 6.75. The summed E-state index contributed by atoms with van der Waals surface area (Å²) in [5, 5.41) is 0. The number of fused-ring (bicyclic) bond motifs is 2. The summed E-state index contributed by atoms with van der Waals surface area (Å²) in [6, 6.07) is 9.72. The predicted octanol–water partition coefficient (Wildman–Crippen LogP) is 3.37. The van der Waals surface area contributed by atoms with E-state index in [0.29, 0.717) is 24.2 Å². The van der Waals surface area contributed by atoms with E-state index in [4.69, 9.17) is 4.74 Å². The molecule has 130 valence electrons. The standard InChI is InChI=1S/C20H28N2O2/c1-24-19-7-3-2-6-18(19)15-12-16-9-10-17(13-15)22(16)20-8-4-5-11-21(20)14-23/h2-3,6-7,14-17,20H,4-5,8-13H2,1H3. The molecule has 4 rings (SSSR count). The molecular formula is C20H28N2O2. The van der Waals surface area contributed by atoms with Crippen molar-refractivity contribution in [2.45, 2.75) is 69.1 Å². The van der Waals surface area contributed by atoms with Gasteiger partial charge in [0.2, 0.25) is 6.41 Å². The van der Waals surface area contributed by atoms with Crippen LogP contribution in [-0.2, 0) is 4.79 Å². The number of methoxy groups -OCH3 is 1. The van der Waals surface area contributed by atoms with Crippen LogP contribution in [0.1, 0.15) is 56.4 Å². The van der Waals surface area contributed by atoms with Crippen molar-refractivity contribution in [3.05, 3.63) is 29.8 Å². The Bertz CT molecular complexity index is 577. The molecule has 3 fully saturated rings. The first kappa shape index (κ1) is 15.9. The monoisotopic (exact) mass is 328 g/mol. The maximum Gasteiger partial charge on any atom is 0.210 e. The molecule has 3 atom stereocenters. The summed E-state index contributed by atoms with van der Waals surface area (Å²) >= 11 is 0. The van der Waals surface area contributed by atoms with Gasteiger partial charge in [0, 0.05) is 18.6 Å². The molecule has 1 aromatic rings. The van der Waals surface area contributed by atoms with E-state index < -0.39 is 0 Å². The molecule has 3 aliphatic heterocycles. The number of piperidine rings is 2. The third-order valence-electron chi connectivity index (χ3n) is 6.36. The van der Waals surface area contributed by atoms with Crippen LogP contribution >= 0.6 is 0 Å². The van der Waals surface area contributed by atoms with Gasteiger partial charge in [0.1, 0.15) is 5.75 Å². The van der Waals surface area contributed by atoms with E-state index in [1.165, 1.54) is 37.7 Å². The molecule has 0 saturated carbocycles. The van der Waals surface area contributed by atoms with E-state index in [2.05, 4.69) is 34.1 Å². The molecule has 4 nitrogen and oxygen atoms in total. The van der Waals surface area contributed by atoms with Crippen LogP contribution in [0.2, 0.25) is 0 Å². The molecule has 24 heavy (non-hydrogen) atoms. The van der Waals surface area contributed by atoms with E-state index in [0.717, 1.165) is 31.5 Å². The molecule has 4 heteroatoms. The molecule has 1 aromatic carbocycles. The quantitative estimate of drug-likeness (QED) is 0.795. The minimum atomic E-state index is 0.340. The van der Waals surface area contributed by atoms with Gasteiger partial charge in [-0.1, -0.05) is 18.2 Å². The lowest BCUT2D eigenvalue weighted by molar-refractivity contribution is -0.129. The van der Waals surface area contributed by atoms with Crippen LogP contribution in [0.15, 0.2) is 24.3 Å². The van der Waals surface area contributed by atoms with Crippen LogP contribution in [0.3, 0.4) is 0 Å². The summed E-state index contributed by atoms with van der Waals surface area (Å²) in [6.07, 6.45) is 9.91. The minimum absolute atomic E-state index is 0.340. The van der Waals surface area contributed by atoms with Crippen LogP contribution in [0.5, 0.6) is 5.75 Å². The third kappa shape index (κ3) is 2.71. The minimum Gasteiger partial charge on any atom is -0.496 e. The second-order valence-corrected chi connectivity index (χ2v) is 7.56. The smallest absolute Gasteiger partial charge is 0.210 e. The number of nitrogens with zero attached hydrogens (tertiary/aromatic N) is 2. The number of hydrogen-bond donors (Lipinski definition) is 0. The van der Waals surface area contributed by atoms with Gasteiger partial charge in [-0.05, 0) is 62.5 Å². The Hall–Kier alpha value is -1.55. The van der Waals surface area contributed by atoms with Crippen molar-refractivity contribution in [1.82, 2.24) is 9.80 Å². The number of amides is 1. The lowest BCUT2D eigenvalue weighted by Crippen LogP contribution is -2.56. The van der Waals surface area contributed by atoms with Gasteiger partial charge in [-0.15, -0.1) is 0 Å². The molecule has 0 spiro atoms. The number of para-hydroxylation sites is 1. The highest BCUT2D eigenvalue weighted by molar-refractivity contribution is 5.48. The molecule has 3 saturated heterocycles. The molecule has 3 heterocycles. The first-order chi connectivity index (χ1) is 11.8. The number of ether oxygens (including phenoxy) is 1. The SMILES string of the molecule is COc1ccccc1C1CC2CCC(C1)N2C1CCCCN1C=O. The molecule has 0 N–H and O–H groups in total. The third-order valence-corrected chi connectivity index (χ3v) is 6.36. The summed E-state index contributed by atoms with van der Waals surface area (Å²) in [7, 11) is 1.77. The molecule has 3 aliphatic rings. The number of rotatable bonds is 4. The van der Waals surface area contributed by atoms with Crippen LogP contribution in [-0.4, -0.2) is 48.1 Å².